The molecule has 34 heavy (non-hydrogen) atoms. The van der Waals surface area contributed by atoms with Crippen molar-refractivity contribution in [2.24, 2.45) is 5.92 Å². The molecule has 1 aliphatic heterocycles. The Morgan fingerprint density at radius 3 is 2.32 bits per heavy atom. The van der Waals surface area contributed by atoms with Crippen molar-refractivity contribution in [1.29, 1.82) is 0 Å². The molecule has 1 fully saturated rings. The van der Waals surface area contributed by atoms with Crippen molar-refractivity contribution >= 4 is 91.3 Å². The van der Waals surface area contributed by atoms with Crippen LogP contribution in [0.15, 0.2) is 48.5 Å². The molecule has 2 atom stereocenters. The van der Waals surface area contributed by atoms with Gasteiger partial charge in [0.25, 0.3) is 5.91 Å². The molecule has 2 unspecified atom stereocenters. The number of ether oxygens (including phenoxy) is 1. The Labute approximate surface area is 246 Å². The van der Waals surface area contributed by atoms with Crippen LogP contribution in [0.5, 0.6) is 5.75 Å². The van der Waals surface area contributed by atoms with Gasteiger partial charge in [-0.1, -0.05) is 117 Å². The van der Waals surface area contributed by atoms with Crippen LogP contribution in [0.3, 0.4) is 0 Å². The predicted molar refractivity (Wildman–Crippen MR) is 160 cm³/mol. The predicted octanol–water partition coefficient (Wildman–Crippen LogP) is 5.61. The Morgan fingerprint density at radius 2 is 1.71 bits per heavy atom. The summed E-state index contributed by atoms with van der Waals surface area (Å²) in [6, 6.07) is 15.4. The number of hydrogen-bond acceptors (Lipinski definition) is 4. The maximum Gasteiger partial charge on any atom is 0.307 e. The summed E-state index contributed by atoms with van der Waals surface area (Å²) in [5, 5.41) is 10.2. The van der Waals surface area contributed by atoms with E-state index in [1.807, 2.05) is 53.4 Å². The highest BCUT2D eigenvalue weighted by atomic mass is 127. The molecule has 6 nitrogen and oxygen atoms in total. The number of alkyl halides is 3. The van der Waals surface area contributed by atoms with Crippen molar-refractivity contribution < 1.29 is 19.4 Å². The number of para-hydroxylation sites is 1. The second-order valence-corrected chi connectivity index (χ2v) is 15.5. The SMILES string of the molecule is CC(C(=O)O)C(I)C(I)(I)c1ccccc1OCC(=O)N1CCN(Cc2ccc(Cl)cc2)CC1. The van der Waals surface area contributed by atoms with Gasteiger partial charge in [-0.3, -0.25) is 14.5 Å². The molecule has 1 amide bonds. The number of benzene rings is 2. The van der Waals surface area contributed by atoms with Gasteiger partial charge >= 0.3 is 5.97 Å². The first-order valence-electron chi connectivity index (χ1n) is 10.8. The van der Waals surface area contributed by atoms with Crippen LogP contribution in [0.1, 0.15) is 18.1 Å². The minimum Gasteiger partial charge on any atom is -0.483 e. The monoisotopic (exact) mass is 822 g/mol. The molecule has 0 bridgehead atoms. The van der Waals surface area contributed by atoms with Crippen molar-refractivity contribution in [2.75, 3.05) is 32.8 Å². The highest BCUT2D eigenvalue weighted by Gasteiger charge is 2.41. The number of carboxylic acid groups (broad SMARTS) is 1. The molecule has 0 saturated carbocycles. The number of carbonyl (C=O) groups excluding carboxylic acids is 1. The average Bonchev–Trinajstić information content (AvgIpc) is 2.83. The van der Waals surface area contributed by atoms with E-state index in [1.54, 1.807) is 6.92 Å². The van der Waals surface area contributed by atoms with Gasteiger partial charge < -0.3 is 14.7 Å². The van der Waals surface area contributed by atoms with E-state index < -0.39 is 13.3 Å². The minimum absolute atomic E-state index is 0.0432. The van der Waals surface area contributed by atoms with Crippen LogP contribution in [-0.4, -0.2) is 63.5 Å². The van der Waals surface area contributed by atoms with E-state index in [0.717, 1.165) is 30.2 Å². The highest BCUT2D eigenvalue weighted by molar-refractivity contribution is 14.2. The van der Waals surface area contributed by atoms with E-state index in [-0.39, 0.29) is 16.4 Å². The summed E-state index contributed by atoms with van der Waals surface area (Å²) >= 11 is 12.7. The van der Waals surface area contributed by atoms with E-state index >= 15 is 0 Å². The fraction of sp³-hybridized carbons (Fsp3) is 0.417. The van der Waals surface area contributed by atoms with E-state index in [0.29, 0.717) is 18.8 Å². The average molecular weight is 823 g/mol. The van der Waals surface area contributed by atoms with Crippen molar-refractivity contribution in [3.63, 3.8) is 0 Å². The first-order valence-corrected chi connectivity index (χ1v) is 14.6. The van der Waals surface area contributed by atoms with Crippen LogP contribution in [0.25, 0.3) is 0 Å². The van der Waals surface area contributed by atoms with Gasteiger partial charge in [-0.25, -0.2) is 0 Å². The second kappa shape index (κ2) is 12.7. The fourth-order valence-electron chi connectivity index (χ4n) is 3.69. The molecule has 1 saturated heterocycles. The number of aliphatic carboxylic acids is 1. The molecule has 1 aliphatic rings. The zero-order valence-electron chi connectivity index (χ0n) is 18.6. The van der Waals surface area contributed by atoms with Gasteiger partial charge in [0.1, 0.15) is 7.18 Å². The summed E-state index contributed by atoms with van der Waals surface area (Å²) < 4.78 is 5.29. The summed E-state index contributed by atoms with van der Waals surface area (Å²) in [7, 11) is 0. The van der Waals surface area contributed by atoms with Gasteiger partial charge in [0.15, 0.2) is 6.61 Å². The Balaban J connectivity index is 1.56. The summed E-state index contributed by atoms with van der Waals surface area (Å²) in [5.74, 6) is -0.798. The van der Waals surface area contributed by atoms with Gasteiger partial charge in [-0.05, 0) is 23.8 Å². The molecule has 0 radical (unpaired) electrons. The van der Waals surface area contributed by atoms with E-state index in [1.165, 1.54) is 5.56 Å². The third-order valence-corrected chi connectivity index (χ3v) is 13.0. The maximum atomic E-state index is 12.9. The molecule has 3 rings (SSSR count). The van der Waals surface area contributed by atoms with Gasteiger partial charge in [0, 0.05) is 43.3 Å². The van der Waals surface area contributed by atoms with Crippen LogP contribution < -0.4 is 4.74 Å². The summed E-state index contributed by atoms with van der Waals surface area (Å²) in [5.41, 5.74) is 2.08. The highest BCUT2D eigenvalue weighted by Crippen LogP contribution is 2.51. The number of piperazine rings is 1. The molecule has 1 N–H and O–H groups in total. The van der Waals surface area contributed by atoms with Crippen LogP contribution in [0.2, 0.25) is 5.02 Å². The normalized spacial score (nSPS) is 16.7. The van der Waals surface area contributed by atoms with Crippen LogP contribution in [0.4, 0.5) is 0 Å². The number of amides is 1. The fourth-order valence-corrected chi connectivity index (χ4v) is 6.43. The molecule has 2 aromatic rings. The van der Waals surface area contributed by atoms with Gasteiger partial charge in [0.2, 0.25) is 0 Å². The van der Waals surface area contributed by atoms with Crippen LogP contribution in [0, 0.1) is 5.92 Å². The summed E-state index contributed by atoms with van der Waals surface area (Å²) in [6.07, 6.45) is 0. The molecule has 1 heterocycles. The maximum absolute atomic E-state index is 12.9. The second-order valence-electron chi connectivity index (χ2n) is 8.22. The molecule has 2 aromatic carbocycles. The van der Waals surface area contributed by atoms with E-state index in [2.05, 4.69) is 72.7 Å². The molecule has 0 aliphatic carbocycles. The van der Waals surface area contributed by atoms with Crippen LogP contribution >= 0.6 is 79.4 Å². The van der Waals surface area contributed by atoms with Gasteiger partial charge in [-0.15, -0.1) is 0 Å². The lowest BCUT2D eigenvalue weighted by atomic mass is 10.0. The Bertz CT molecular complexity index is 998. The molecular formula is C24H26ClI3N2O4. The first-order chi connectivity index (χ1) is 16.1. The minimum atomic E-state index is -0.833. The van der Waals surface area contributed by atoms with E-state index in [4.69, 9.17) is 16.3 Å². The van der Waals surface area contributed by atoms with Crippen molar-refractivity contribution in [3.8, 4) is 5.75 Å². The number of hydrogen-bond donors (Lipinski definition) is 1. The van der Waals surface area contributed by atoms with Gasteiger partial charge in [-0.2, -0.15) is 0 Å². The van der Waals surface area contributed by atoms with Crippen LogP contribution in [-0.2, 0) is 17.6 Å². The standard InChI is InChI=1S/C24H26ClI3N2O4/c1-16(23(32)33)22(26)24(27,28)19-4-2-3-5-20(19)34-15-21(31)30-12-10-29(11-13-30)14-17-6-8-18(25)9-7-17/h2-9,16,22H,10-15H2,1H3,(H,32,33). The largest absolute Gasteiger partial charge is 0.483 e. The van der Waals surface area contributed by atoms with Gasteiger partial charge in [0.05, 0.1) is 9.84 Å². The molecule has 0 aromatic heterocycles. The lowest BCUT2D eigenvalue weighted by molar-refractivity contribution is -0.141. The number of carbonyl (C=O) groups is 2. The number of halogens is 4. The molecule has 184 valence electrons. The van der Waals surface area contributed by atoms with E-state index in [9.17, 15) is 14.7 Å². The number of nitrogens with zero attached hydrogens (tertiary/aromatic N) is 2. The zero-order chi connectivity index (χ0) is 24.9. The van der Waals surface area contributed by atoms with Crippen molar-refractivity contribution in [3.05, 3.63) is 64.7 Å². The topological polar surface area (TPSA) is 70.1 Å². The smallest absolute Gasteiger partial charge is 0.307 e. The summed E-state index contributed by atoms with van der Waals surface area (Å²) in [4.78, 5) is 28.6. The molecule has 10 heteroatoms. The zero-order valence-corrected chi connectivity index (χ0v) is 25.8. The van der Waals surface area contributed by atoms with Crippen molar-refractivity contribution in [1.82, 2.24) is 9.80 Å². The third-order valence-electron chi connectivity index (χ3n) is 5.82. The Hall–Kier alpha value is -0.380. The lowest BCUT2D eigenvalue weighted by Crippen LogP contribution is -2.49. The third kappa shape index (κ3) is 7.32. The first kappa shape index (κ1) is 28.2. The quantitative estimate of drug-likeness (QED) is 0.264. The number of rotatable bonds is 9. The Morgan fingerprint density at radius 1 is 1.09 bits per heavy atom. The molecule has 0 spiro atoms. The Kier molecular flexibility index (Phi) is 10.6. The molecular weight excluding hydrogens is 796 g/mol. The number of carboxylic acids is 1. The van der Waals surface area contributed by atoms with Crippen molar-refractivity contribution in [2.45, 2.75) is 18.8 Å². The summed E-state index contributed by atoms with van der Waals surface area (Å²) in [6.45, 7) is 5.43. The lowest BCUT2D eigenvalue weighted by Gasteiger charge is -2.35.